The minimum Gasteiger partial charge on any atom is -0.481 e. The monoisotopic (exact) mass is 525 g/mol. The number of carboxylic acids is 1. The Hall–Kier alpha value is -3.95. The lowest BCUT2D eigenvalue weighted by Gasteiger charge is -2.14. The Kier molecular flexibility index (Phi) is 8.29. The van der Waals surface area contributed by atoms with Crippen molar-refractivity contribution in [3.63, 3.8) is 0 Å². The van der Waals surface area contributed by atoms with E-state index in [4.69, 9.17) is 14.4 Å². The molecule has 0 aliphatic carbocycles. The first-order valence-corrected chi connectivity index (χ1v) is 11.9. The van der Waals surface area contributed by atoms with Gasteiger partial charge in [-0.05, 0) is 47.7 Å². The Labute approximate surface area is 217 Å². The number of nitrogens with zero attached hydrogens (tertiary/aromatic N) is 1. The molecule has 1 unspecified atom stereocenters. The molecule has 0 saturated carbocycles. The van der Waals surface area contributed by atoms with E-state index in [0.717, 1.165) is 34.4 Å². The topological polar surface area (TPSA) is 92.8 Å². The first-order valence-electron chi connectivity index (χ1n) is 11.9. The summed E-state index contributed by atoms with van der Waals surface area (Å²) < 4.78 is 49.7. The quantitative estimate of drug-likeness (QED) is 0.232. The smallest absolute Gasteiger partial charge is 0.416 e. The van der Waals surface area contributed by atoms with Crippen LogP contribution in [0.25, 0.3) is 22.5 Å². The molecule has 1 heterocycles. The van der Waals surface area contributed by atoms with E-state index in [2.05, 4.69) is 5.16 Å². The number of alkyl halides is 3. The van der Waals surface area contributed by atoms with Gasteiger partial charge in [-0.25, -0.2) is 0 Å². The number of rotatable bonds is 10. The molecule has 0 aliphatic rings. The summed E-state index contributed by atoms with van der Waals surface area (Å²) in [6.45, 7) is 1.55. The maximum atomic E-state index is 12.9. The van der Waals surface area contributed by atoms with Crippen LogP contribution in [0.1, 0.15) is 34.4 Å². The van der Waals surface area contributed by atoms with Gasteiger partial charge >= 0.3 is 12.1 Å². The Morgan fingerprint density at radius 1 is 0.974 bits per heavy atom. The molecule has 2 N–H and O–H groups in total. The van der Waals surface area contributed by atoms with Crippen LogP contribution < -0.4 is 0 Å². The highest BCUT2D eigenvalue weighted by atomic mass is 19.4. The van der Waals surface area contributed by atoms with Gasteiger partial charge in [0, 0.05) is 24.0 Å². The Morgan fingerprint density at radius 2 is 1.61 bits per heavy atom. The number of hydrogen-bond acceptors (Lipinski definition) is 5. The van der Waals surface area contributed by atoms with Gasteiger partial charge in [-0.3, -0.25) is 4.79 Å². The first-order chi connectivity index (χ1) is 18.1. The van der Waals surface area contributed by atoms with Gasteiger partial charge in [0.05, 0.1) is 17.9 Å². The zero-order valence-corrected chi connectivity index (χ0v) is 20.5. The maximum absolute atomic E-state index is 12.9. The predicted octanol–water partition coefficient (Wildman–Crippen LogP) is 6.43. The van der Waals surface area contributed by atoms with E-state index in [-0.39, 0.29) is 19.4 Å². The number of benzene rings is 3. The highest BCUT2D eigenvalue weighted by molar-refractivity contribution is 5.70. The summed E-state index contributed by atoms with van der Waals surface area (Å²) in [7, 11) is 0. The number of aliphatic carboxylic acids is 1. The second-order valence-electron chi connectivity index (χ2n) is 8.91. The molecule has 0 saturated heterocycles. The fraction of sp³-hybridized carbons (Fsp3) is 0.241. The summed E-state index contributed by atoms with van der Waals surface area (Å²) in [5.74, 6) is -0.360. The van der Waals surface area contributed by atoms with Gasteiger partial charge in [-0.1, -0.05) is 65.8 Å². The third-order valence-electron chi connectivity index (χ3n) is 6.12. The van der Waals surface area contributed by atoms with Gasteiger partial charge in [0.1, 0.15) is 0 Å². The van der Waals surface area contributed by atoms with Crippen LogP contribution in [0.15, 0.2) is 77.3 Å². The molecule has 0 radical (unpaired) electrons. The summed E-state index contributed by atoms with van der Waals surface area (Å²) in [5, 5.41) is 23.3. The Morgan fingerprint density at radius 3 is 2.24 bits per heavy atom. The van der Waals surface area contributed by atoms with Crippen LogP contribution >= 0.6 is 0 Å². The third-order valence-corrected chi connectivity index (χ3v) is 6.12. The van der Waals surface area contributed by atoms with Crippen molar-refractivity contribution in [1.29, 1.82) is 0 Å². The third kappa shape index (κ3) is 6.87. The fourth-order valence-corrected chi connectivity index (χ4v) is 4.05. The van der Waals surface area contributed by atoms with Gasteiger partial charge in [-0.2, -0.15) is 13.2 Å². The summed E-state index contributed by atoms with van der Waals surface area (Å²) in [6, 6.07) is 20.0. The van der Waals surface area contributed by atoms with Gasteiger partial charge in [0.15, 0.2) is 12.1 Å². The summed E-state index contributed by atoms with van der Waals surface area (Å²) >= 11 is 0. The lowest BCUT2D eigenvalue weighted by molar-refractivity contribution is -0.138. The molecule has 0 fully saturated rings. The number of aliphatic hydroxyl groups excluding tert-OH is 1. The van der Waals surface area contributed by atoms with E-state index < -0.39 is 24.0 Å². The average Bonchev–Trinajstić information content (AvgIpc) is 3.26. The molecule has 1 atom stereocenters. The van der Waals surface area contributed by atoms with E-state index in [1.165, 1.54) is 12.1 Å². The van der Waals surface area contributed by atoms with Gasteiger partial charge in [-0.15, -0.1) is 0 Å². The Bertz CT molecular complexity index is 1380. The summed E-state index contributed by atoms with van der Waals surface area (Å²) in [4.78, 5) is 10.8. The van der Waals surface area contributed by atoms with Crippen LogP contribution in [0.3, 0.4) is 0 Å². The molecular formula is C29H26F3NO5. The number of aromatic nitrogens is 1. The molecule has 4 aromatic rings. The largest absolute Gasteiger partial charge is 0.481 e. The van der Waals surface area contributed by atoms with Crippen LogP contribution in [0.5, 0.6) is 0 Å². The van der Waals surface area contributed by atoms with Crippen molar-refractivity contribution in [2.24, 2.45) is 0 Å². The predicted molar refractivity (Wildman–Crippen MR) is 134 cm³/mol. The first kappa shape index (κ1) is 27.1. The lowest BCUT2D eigenvalue weighted by atomic mass is 9.99. The standard InChI is InChI=1S/C29H26F3NO5/c1-18-25(16-27(36)37-17-20-3-2-4-24(15-20)29(30,31)32)28(38-33-18)23-12-10-22(11-13-23)21-8-5-19(6-9-21)7-14-26(34)35/h2-6,8-13,15,27,36H,7,14,16-17H2,1H3,(H,34,35). The molecule has 0 amide bonds. The van der Waals surface area contributed by atoms with Crippen molar-refractivity contribution < 1.29 is 37.4 Å². The molecule has 1 aromatic heterocycles. The number of carboxylic acid groups (broad SMARTS) is 1. The van der Waals surface area contributed by atoms with Gasteiger partial charge in [0.25, 0.3) is 0 Å². The highest BCUT2D eigenvalue weighted by Crippen LogP contribution is 2.31. The number of halogens is 3. The molecule has 198 valence electrons. The Balaban J connectivity index is 1.42. The number of ether oxygens (including phenoxy) is 1. The normalized spacial score (nSPS) is 12.4. The van der Waals surface area contributed by atoms with Crippen LogP contribution in [0.2, 0.25) is 0 Å². The zero-order valence-electron chi connectivity index (χ0n) is 20.5. The molecule has 9 heteroatoms. The molecule has 6 nitrogen and oxygen atoms in total. The van der Waals surface area contributed by atoms with Crippen molar-refractivity contribution in [3.05, 3.63) is 101 Å². The molecule has 4 rings (SSSR count). The lowest BCUT2D eigenvalue weighted by Crippen LogP contribution is -2.16. The van der Waals surface area contributed by atoms with Gasteiger partial charge < -0.3 is 19.5 Å². The van der Waals surface area contributed by atoms with Crippen LogP contribution in [0, 0.1) is 6.92 Å². The molecule has 0 spiro atoms. The highest BCUT2D eigenvalue weighted by Gasteiger charge is 2.30. The van der Waals surface area contributed by atoms with Crippen molar-refractivity contribution >= 4 is 5.97 Å². The van der Waals surface area contributed by atoms with E-state index in [9.17, 15) is 23.1 Å². The summed E-state index contributed by atoms with van der Waals surface area (Å²) in [5.41, 5.74) is 4.36. The minimum atomic E-state index is -4.45. The van der Waals surface area contributed by atoms with E-state index in [1.54, 1.807) is 6.92 Å². The van der Waals surface area contributed by atoms with E-state index in [1.807, 2.05) is 48.5 Å². The van der Waals surface area contributed by atoms with E-state index >= 15 is 0 Å². The number of carbonyl (C=O) groups is 1. The number of hydrogen-bond donors (Lipinski definition) is 2. The van der Waals surface area contributed by atoms with Crippen LogP contribution in [0.4, 0.5) is 13.2 Å². The fourth-order valence-electron chi connectivity index (χ4n) is 4.05. The molecular weight excluding hydrogens is 499 g/mol. The second-order valence-corrected chi connectivity index (χ2v) is 8.91. The average molecular weight is 526 g/mol. The molecule has 0 bridgehead atoms. The minimum absolute atomic E-state index is 0.0448. The molecule has 3 aromatic carbocycles. The van der Waals surface area contributed by atoms with Crippen LogP contribution in [-0.2, 0) is 35.2 Å². The maximum Gasteiger partial charge on any atom is 0.416 e. The summed E-state index contributed by atoms with van der Waals surface area (Å²) in [6.07, 6.45) is -5.14. The van der Waals surface area contributed by atoms with Crippen molar-refractivity contribution in [1.82, 2.24) is 5.16 Å². The zero-order chi connectivity index (χ0) is 27.3. The molecule has 0 aliphatic heterocycles. The molecule has 38 heavy (non-hydrogen) atoms. The van der Waals surface area contributed by atoms with Crippen molar-refractivity contribution in [3.8, 4) is 22.5 Å². The second kappa shape index (κ2) is 11.6. The number of aliphatic hydroxyl groups is 1. The van der Waals surface area contributed by atoms with Crippen molar-refractivity contribution in [2.45, 2.75) is 45.3 Å². The van der Waals surface area contributed by atoms with Gasteiger partial charge in [0.2, 0.25) is 0 Å². The van der Waals surface area contributed by atoms with E-state index in [0.29, 0.717) is 29.0 Å². The number of aryl methyl sites for hydroxylation is 2. The van der Waals surface area contributed by atoms with Crippen molar-refractivity contribution in [2.75, 3.05) is 0 Å². The van der Waals surface area contributed by atoms with Crippen LogP contribution in [-0.4, -0.2) is 27.6 Å². The SMILES string of the molecule is Cc1noc(-c2ccc(-c3ccc(CCC(=O)O)cc3)cc2)c1CC(O)OCc1cccc(C(F)(F)F)c1.